The highest BCUT2D eigenvalue weighted by Gasteiger charge is 2.26. The van der Waals surface area contributed by atoms with Crippen LogP contribution in [-0.2, 0) is 16.0 Å². The van der Waals surface area contributed by atoms with Gasteiger partial charge in [0, 0.05) is 26.2 Å². The minimum Gasteiger partial charge on any atom is -0.497 e. The molecule has 1 atom stereocenters. The number of hydrogen-bond donors (Lipinski definition) is 1. The third-order valence-corrected chi connectivity index (χ3v) is 4.38. The number of ether oxygens (including phenoxy) is 3. The first-order valence-electron chi connectivity index (χ1n) is 8.14. The fraction of sp³-hybridized carbons (Fsp3) is 0.588. The van der Waals surface area contributed by atoms with E-state index in [-0.39, 0.29) is 11.8 Å². The second-order valence-corrected chi connectivity index (χ2v) is 5.93. The molecule has 23 heavy (non-hydrogen) atoms. The molecule has 1 N–H and O–H groups in total. The first-order chi connectivity index (χ1) is 11.3. The summed E-state index contributed by atoms with van der Waals surface area (Å²) >= 11 is 0. The predicted molar refractivity (Wildman–Crippen MR) is 86.0 cm³/mol. The van der Waals surface area contributed by atoms with Gasteiger partial charge in [-0.25, -0.2) is 0 Å². The number of rotatable bonds is 5. The molecule has 1 amide bonds. The van der Waals surface area contributed by atoms with Gasteiger partial charge in [-0.1, -0.05) is 0 Å². The molecule has 1 fully saturated rings. The smallest absolute Gasteiger partial charge is 0.226 e. The van der Waals surface area contributed by atoms with Crippen LogP contribution in [0.3, 0.4) is 0 Å². The van der Waals surface area contributed by atoms with Crippen molar-refractivity contribution in [3.8, 4) is 11.5 Å². The Bertz CT molecular complexity index is 543. The zero-order valence-corrected chi connectivity index (χ0v) is 13.5. The van der Waals surface area contributed by atoms with E-state index in [1.165, 1.54) is 0 Å². The first-order valence-corrected chi connectivity index (χ1v) is 8.14. The second kappa shape index (κ2) is 7.66. The monoisotopic (exact) mass is 320 g/mol. The fourth-order valence-corrected chi connectivity index (χ4v) is 2.97. The molecule has 1 aromatic carbocycles. The molecule has 0 bridgehead atoms. The number of carbonyl (C=O) groups is 1. The number of hydrogen-bond acceptors (Lipinski definition) is 5. The van der Waals surface area contributed by atoms with Crippen molar-refractivity contribution in [1.29, 1.82) is 0 Å². The maximum absolute atomic E-state index is 12.3. The minimum absolute atomic E-state index is 0.0618. The Hall–Kier alpha value is -1.79. The zero-order valence-electron chi connectivity index (χ0n) is 13.5. The summed E-state index contributed by atoms with van der Waals surface area (Å²) < 4.78 is 16.3. The lowest BCUT2D eigenvalue weighted by Crippen LogP contribution is -2.43. The summed E-state index contributed by atoms with van der Waals surface area (Å²) in [5.41, 5.74) is 1.03. The van der Waals surface area contributed by atoms with Crippen molar-refractivity contribution in [3.05, 3.63) is 23.8 Å². The average Bonchev–Trinajstić information content (AvgIpc) is 2.61. The number of fused-ring (bicyclic) bond motifs is 1. The van der Waals surface area contributed by atoms with Crippen LogP contribution in [0.2, 0.25) is 0 Å². The van der Waals surface area contributed by atoms with Crippen molar-refractivity contribution >= 4 is 5.91 Å². The van der Waals surface area contributed by atoms with Gasteiger partial charge in [-0.2, -0.15) is 0 Å². The summed E-state index contributed by atoms with van der Waals surface area (Å²) in [6, 6.07) is 5.73. The van der Waals surface area contributed by atoms with Gasteiger partial charge in [-0.05, 0) is 30.2 Å². The molecule has 0 aromatic heterocycles. The Labute approximate surface area is 136 Å². The van der Waals surface area contributed by atoms with E-state index in [1.54, 1.807) is 7.11 Å². The molecular weight excluding hydrogens is 296 g/mol. The van der Waals surface area contributed by atoms with Gasteiger partial charge in [0.1, 0.15) is 18.1 Å². The summed E-state index contributed by atoms with van der Waals surface area (Å²) in [5.74, 6) is 1.56. The van der Waals surface area contributed by atoms with Gasteiger partial charge in [0.15, 0.2) is 0 Å². The SMILES string of the molecule is COc1ccc2c(c1)C[C@@H](C(=O)NCCN1CCOCC1)CO2. The Morgan fingerprint density at radius 1 is 1.39 bits per heavy atom. The van der Waals surface area contributed by atoms with Gasteiger partial charge in [0.05, 0.1) is 26.2 Å². The molecular formula is C17H24N2O4. The van der Waals surface area contributed by atoms with Gasteiger partial charge in [0.25, 0.3) is 0 Å². The van der Waals surface area contributed by atoms with E-state index in [9.17, 15) is 4.79 Å². The van der Waals surface area contributed by atoms with Crippen LogP contribution >= 0.6 is 0 Å². The number of amides is 1. The molecule has 2 aliphatic heterocycles. The predicted octanol–water partition coefficient (Wildman–Crippen LogP) is 0.695. The van der Waals surface area contributed by atoms with E-state index in [2.05, 4.69) is 10.2 Å². The van der Waals surface area contributed by atoms with Crippen molar-refractivity contribution in [2.24, 2.45) is 5.92 Å². The van der Waals surface area contributed by atoms with Gasteiger partial charge in [-0.15, -0.1) is 0 Å². The summed E-state index contributed by atoms with van der Waals surface area (Å²) in [6.45, 7) is 5.41. The highest BCUT2D eigenvalue weighted by Crippen LogP contribution is 2.30. The Kier molecular flexibility index (Phi) is 5.35. The molecule has 1 aromatic rings. The largest absolute Gasteiger partial charge is 0.497 e. The molecule has 2 aliphatic rings. The zero-order chi connectivity index (χ0) is 16.1. The van der Waals surface area contributed by atoms with E-state index < -0.39 is 0 Å². The van der Waals surface area contributed by atoms with E-state index in [1.807, 2.05) is 18.2 Å². The molecule has 0 saturated carbocycles. The fourth-order valence-electron chi connectivity index (χ4n) is 2.97. The molecule has 0 aliphatic carbocycles. The quantitative estimate of drug-likeness (QED) is 0.865. The van der Waals surface area contributed by atoms with Crippen molar-refractivity contribution in [1.82, 2.24) is 10.2 Å². The van der Waals surface area contributed by atoms with Crippen LogP contribution in [0.15, 0.2) is 18.2 Å². The standard InChI is InChI=1S/C17H24N2O4/c1-21-15-2-3-16-13(11-15)10-14(12-23-16)17(20)18-4-5-19-6-8-22-9-7-19/h2-3,11,14H,4-10,12H2,1H3,(H,18,20)/t14-/m1/s1. The molecule has 0 unspecified atom stereocenters. The number of carbonyl (C=O) groups excluding carboxylic acids is 1. The topological polar surface area (TPSA) is 60.0 Å². The van der Waals surface area contributed by atoms with Crippen LogP contribution in [-0.4, -0.2) is 63.9 Å². The van der Waals surface area contributed by atoms with Crippen molar-refractivity contribution in [2.75, 3.05) is 53.1 Å². The number of methoxy groups -OCH3 is 1. The van der Waals surface area contributed by atoms with E-state index >= 15 is 0 Å². The molecule has 3 rings (SSSR count). The van der Waals surface area contributed by atoms with Gasteiger partial charge in [-0.3, -0.25) is 9.69 Å². The van der Waals surface area contributed by atoms with Crippen LogP contribution in [0, 0.1) is 5.92 Å². The molecule has 6 heteroatoms. The number of morpholine rings is 1. The lowest BCUT2D eigenvalue weighted by atomic mass is 9.96. The second-order valence-electron chi connectivity index (χ2n) is 5.93. The van der Waals surface area contributed by atoms with E-state index in [0.717, 1.165) is 49.9 Å². The summed E-state index contributed by atoms with van der Waals surface area (Å²) in [6.07, 6.45) is 0.690. The normalized spacial score (nSPS) is 21.2. The van der Waals surface area contributed by atoms with Gasteiger partial charge >= 0.3 is 0 Å². The number of benzene rings is 1. The van der Waals surface area contributed by atoms with Crippen LogP contribution < -0.4 is 14.8 Å². The van der Waals surface area contributed by atoms with Crippen molar-refractivity contribution in [2.45, 2.75) is 6.42 Å². The Morgan fingerprint density at radius 2 is 2.22 bits per heavy atom. The number of nitrogens with zero attached hydrogens (tertiary/aromatic N) is 1. The van der Waals surface area contributed by atoms with Crippen molar-refractivity contribution in [3.63, 3.8) is 0 Å². The highest BCUT2D eigenvalue weighted by atomic mass is 16.5. The molecule has 1 saturated heterocycles. The summed E-state index contributed by atoms with van der Waals surface area (Å²) in [4.78, 5) is 14.6. The van der Waals surface area contributed by atoms with Crippen LogP contribution in [0.25, 0.3) is 0 Å². The maximum atomic E-state index is 12.3. The van der Waals surface area contributed by atoms with Gasteiger partial charge in [0.2, 0.25) is 5.91 Å². The van der Waals surface area contributed by atoms with E-state index in [4.69, 9.17) is 14.2 Å². The van der Waals surface area contributed by atoms with Crippen LogP contribution in [0.5, 0.6) is 11.5 Å². The highest BCUT2D eigenvalue weighted by molar-refractivity contribution is 5.79. The minimum atomic E-state index is -0.140. The average molecular weight is 320 g/mol. The number of nitrogens with one attached hydrogen (secondary N) is 1. The molecule has 126 valence electrons. The lowest BCUT2D eigenvalue weighted by molar-refractivity contribution is -0.126. The molecule has 0 radical (unpaired) electrons. The lowest BCUT2D eigenvalue weighted by Gasteiger charge is -2.28. The molecule has 2 heterocycles. The third kappa shape index (κ3) is 4.14. The Balaban J connectivity index is 1.48. The molecule has 0 spiro atoms. The van der Waals surface area contributed by atoms with Crippen LogP contribution in [0.1, 0.15) is 5.56 Å². The third-order valence-electron chi connectivity index (χ3n) is 4.38. The summed E-state index contributed by atoms with van der Waals surface area (Å²) in [7, 11) is 1.64. The first kappa shape index (κ1) is 16.1. The van der Waals surface area contributed by atoms with Gasteiger partial charge < -0.3 is 19.5 Å². The van der Waals surface area contributed by atoms with Crippen molar-refractivity contribution < 1.29 is 19.0 Å². The van der Waals surface area contributed by atoms with E-state index in [0.29, 0.717) is 19.6 Å². The maximum Gasteiger partial charge on any atom is 0.226 e. The molecule has 6 nitrogen and oxygen atoms in total. The Morgan fingerprint density at radius 3 is 3.00 bits per heavy atom. The van der Waals surface area contributed by atoms with Crippen LogP contribution in [0.4, 0.5) is 0 Å². The summed E-state index contributed by atoms with van der Waals surface area (Å²) in [5, 5.41) is 3.03.